The number of anilines is 1. The van der Waals surface area contributed by atoms with Gasteiger partial charge in [-0.05, 0) is 54.7 Å². The molecule has 2 aromatic carbocycles. The number of carbonyl (C=O) groups is 2. The molecule has 0 aliphatic carbocycles. The van der Waals surface area contributed by atoms with Crippen LogP contribution in [0.3, 0.4) is 0 Å². The Morgan fingerprint density at radius 1 is 0.968 bits per heavy atom. The van der Waals surface area contributed by atoms with Gasteiger partial charge in [-0.15, -0.1) is 0 Å². The molecule has 154 valence electrons. The number of likely N-dealkylation sites (tertiary alicyclic amines) is 1. The van der Waals surface area contributed by atoms with Gasteiger partial charge in [-0.25, -0.2) is 4.98 Å². The minimum absolute atomic E-state index is 0.0187. The van der Waals surface area contributed by atoms with Crippen molar-refractivity contribution in [2.75, 3.05) is 11.9 Å². The molecule has 5 heteroatoms. The Morgan fingerprint density at radius 2 is 1.81 bits per heavy atom. The highest BCUT2D eigenvalue weighted by Crippen LogP contribution is 2.27. The SMILES string of the molecule is O=C(Nc1cccc(C#Cc2ccccn2)c1)C(c1ccccc1)N1CCCCC1=O. The van der Waals surface area contributed by atoms with Crippen molar-refractivity contribution in [3.8, 4) is 11.8 Å². The largest absolute Gasteiger partial charge is 0.327 e. The van der Waals surface area contributed by atoms with Gasteiger partial charge in [0.25, 0.3) is 5.91 Å². The molecule has 2 amide bonds. The smallest absolute Gasteiger partial charge is 0.251 e. The van der Waals surface area contributed by atoms with Gasteiger partial charge in [0, 0.05) is 30.4 Å². The van der Waals surface area contributed by atoms with Crippen molar-refractivity contribution in [2.45, 2.75) is 25.3 Å². The second kappa shape index (κ2) is 9.73. The molecule has 5 nitrogen and oxygen atoms in total. The number of hydrogen-bond donors (Lipinski definition) is 1. The summed E-state index contributed by atoms with van der Waals surface area (Å²) < 4.78 is 0. The second-order valence-corrected chi connectivity index (χ2v) is 7.39. The second-order valence-electron chi connectivity index (χ2n) is 7.39. The van der Waals surface area contributed by atoms with Crippen LogP contribution in [-0.4, -0.2) is 28.2 Å². The van der Waals surface area contributed by atoms with E-state index in [4.69, 9.17) is 0 Å². The van der Waals surface area contributed by atoms with Crippen LogP contribution in [0.15, 0.2) is 79.0 Å². The summed E-state index contributed by atoms with van der Waals surface area (Å²) in [6, 6.07) is 21.8. The van der Waals surface area contributed by atoms with Crippen LogP contribution in [0.4, 0.5) is 5.69 Å². The molecule has 1 atom stereocenters. The van der Waals surface area contributed by atoms with Crippen LogP contribution in [-0.2, 0) is 9.59 Å². The van der Waals surface area contributed by atoms with Crippen molar-refractivity contribution in [2.24, 2.45) is 0 Å². The molecular weight excluding hydrogens is 386 g/mol. The predicted molar refractivity (Wildman–Crippen MR) is 120 cm³/mol. The van der Waals surface area contributed by atoms with E-state index in [9.17, 15) is 9.59 Å². The molecule has 4 rings (SSSR count). The van der Waals surface area contributed by atoms with Gasteiger partial charge in [-0.3, -0.25) is 9.59 Å². The molecule has 1 aromatic heterocycles. The normalized spacial score (nSPS) is 14.3. The number of benzene rings is 2. The Hall–Kier alpha value is -3.91. The maximum absolute atomic E-state index is 13.3. The Labute approximate surface area is 182 Å². The van der Waals surface area contributed by atoms with Gasteiger partial charge in [-0.1, -0.05) is 48.4 Å². The number of hydrogen-bond acceptors (Lipinski definition) is 3. The molecule has 2 heterocycles. The van der Waals surface area contributed by atoms with Crippen molar-refractivity contribution < 1.29 is 9.59 Å². The maximum atomic E-state index is 13.3. The molecule has 3 aromatic rings. The summed E-state index contributed by atoms with van der Waals surface area (Å²) >= 11 is 0. The number of nitrogens with zero attached hydrogens (tertiary/aromatic N) is 2. The first-order valence-corrected chi connectivity index (χ1v) is 10.4. The first-order valence-electron chi connectivity index (χ1n) is 10.4. The molecule has 0 bridgehead atoms. The lowest BCUT2D eigenvalue weighted by Crippen LogP contribution is -2.43. The molecule has 1 saturated heterocycles. The van der Waals surface area contributed by atoms with Crippen LogP contribution < -0.4 is 5.32 Å². The van der Waals surface area contributed by atoms with E-state index in [0.717, 1.165) is 24.0 Å². The quantitative estimate of drug-likeness (QED) is 0.658. The van der Waals surface area contributed by atoms with Gasteiger partial charge in [0.1, 0.15) is 11.7 Å². The van der Waals surface area contributed by atoms with Crippen molar-refractivity contribution in [3.63, 3.8) is 0 Å². The van der Waals surface area contributed by atoms with E-state index < -0.39 is 6.04 Å². The number of piperidine rings is 1. The molecule has 0 saturated carbocycles. The highest BCUT2D eigenvalue weighted by Gasteiger charge is 2.32. The Morgan fingerprint density at radius 3 is 2.58 bits per heavy atom. The Kier molecular flexibility index (Phi) is 6.39. The van der Waals surface area contributed by atoms with Crippen molar-refractivity contribution >= 4 is 17.5 Å². The van der Waals surface area contributed by atoms with E-state index >= 15 is 0 Å². The summed E-state index contributed by atoms with van der Waals surface area (Å²) in [5, 5.41) is 2.98. The summed E-state index contributed by atoms with van der Waals surface area (Å²) in [5.41, 5.74) is 2.91. The number of amides is 2. The van der Waals surface area contributed by atoms with E-state index in [1.807, 2.05) is 72.8 Å². The molecule has 1 unspecified atom stereocenters. The first-order chi connectivity index (χ1) is 15.2. The summed E-state index contributed by atoms with van der Waals surface area (Å²) in [6.45, 7) is 0.585. The summed E-state index contributed by atoms with van der Waals surface area (Å²) in [5.74, 6) is 5.89. The van der Waals surface area contributed by atoms with Gasteiger partial charge in [0.2, 0.25) is 5.91 Å². The van der Waals surface area contributed by atoms with Crippen molar-refractivity contribution in [1.82, 2.24) is 9.88 Å². The molecule has 1 N–H and O–H groups in total. The monoisotopic (exact) mass is 409 g/mol. The van der Waals surface area contributed by atoms with E-state index in [2.05, 4.69) is 22.1 Å². The number of nitrogens with one attached hydrogen (secondary N) is 1. The van der Waals surface area contributed by atoms with E-state index in [1.165, 1.54) is 0 Å². The number of rotatable bonds is 4. The van der Waals surface area contributed by atoms with Crippen molar-refractivity contribution in [1.29, 1.82) is 0 Å². The standard InChI is InChI=1S/C26H23N3O2/c30-24-14-5-7-18-29(24)25(21-10-2-1-3-11-21)26(31)28-23-13-8-9-20(19-23)15-16-22-12-4-6-17-27-22/h1-4,6,8-13,17,19,25H,5,7,14,18H2,(H,28,31). The summed E-state index contributed by atoms with van der Waals surface area (Å²) in [7, 11) is 0. The fraction of sp³-hybridized carbons (Fsp3) is 0.192. The molecule has 1 aliphatic heterocycles. The average Bonchev–Trinajstić information content (AvgIpc) is 2.81. The van der Waals surface area contributed by atoms with E-state index in [1.54, 1.807) is 11.1 Å². The number of pyridine rings is 1. The molecule has 1 aliphatic rings. The highest BCUT2D eigenvalue weighted by atomic mass is 16.2. The van der Waals surface area contributed by atoms with E-state index in [-0.39, 0.29) is 11.8 Å². The third-order valence-corrected chi connectivity index (χ3v) is 5.17. The molecule has 31 heavy (non-hydrogen) atoms. The van der Waals surface area contributed by atoms with Gasteiger partial charge in [0.05, 0.1) is 0 Å². The lowest BCUT2D eigenvalue weighted by atomic mass is 10.0. The van der Waals surface area contributed by atoms with Crippen LogP contribution in [0.2, 0.25) is 0 Å². The Bertz CT molecular complexity index is 1120. The minimum atomic E-state index is -0.655. The van der Waals surface area contributed by atoms with Crippen LogP contribution >= 0.6 is 0 Å². The maximum Gasteiger partial charge on any atom is 0.251 e. The van der Waals surface area contributed by atoms with Gasteiger partial charge < -0.3 is 10.2 Å². The number of aromatic nitrogens is 1. The first kappa shape index (κ1) is 20.4. The highest BCUT2D eigenvalue weighted by molar-refractivity contribution is 5.98. The van der Waals surface area contributed by atoms with Gasteiger partial charge >= 0.3 is 0 Å². The molecule has 1 fully saturated rings. The fourth-order valence-corrected chi connectivity index (χ4v) is 3.67. The zero-order valence-corrected chi connectivity index (χ0v) is 17.1. The van der Waals surface area contributed by atoms with Gasteiger partial charge in [0.15, 0.2) is 0 Å². The van der Waals surface area contributed by atoms with Crippen molar-refractivity contribution in [3.05, 3.63) is 95.8 Å². The number of carbonyl (C=O) groups excluding carboxylic acids is 2. The third-order valence-electron chi connectivity index (χ3n) is 5.17. The molecular formula is C26H23N3O2. The third kappa shape index (κ3) is 5.18. The lowest BCUT2D eigenvalue weighted by molar-refractivity contribution is -0.141. The molecule has 0 spiro atoms. The van der Waals surface area contributed by atoms with Gasteiger partial charge in [-0.2, -0.15) is 0 Å². The van der Waals surface area contributed by atoms with E-state index in [0.29, 0.717) is 24.3 Å². The Balaban J connectivity index is 1.56. The fourth-order valence-electron chi connectivity index (χ4n) is 3.67. The lowest BCUT2D eigenvalue weighted by Gasteiger charge is -2.34. The van der Waals surface area contributed by atoms with Crippen LogP contribution in [0.1, 0.15) is 42.1 Å². The zero-order valence-electron chi connectivity index (χ0n) is 17.1. The van der Waals surface area contributed by atoms with Crippen LogP contribution in [0, 0.1) is 11.8 Å². The van der Waals surface area contributed by atoms with Crippen LogP contribution in [0.5, 0.6) is 0 Å². The summed E-state index contributed by atoms with van der Waals surface area (Å²) in [4.78, 5) is 31.8. The predicted octanol–water partition coefficient (Wildman–Crippen LogP) is 4.17. The average molecular weight is 409 g/mol. The summed E-state index contributed by atoms with van der Waals surface area (Å²) in [6.07, 6.45) is 3.96. The minimum Gasteiger partial charge on any atom is -0.327 e. The topological polar surface area (TPSA) is 62.3 Å². The van der Waals surface area contributed by atoms with Crippen LogP contribution in [0.25, 0.3) is 0 Å². The zero-order chi connectivity index (χ0) is 21.5. The molecule has 0 radical (unpaired) electrons.